The normalized spacial score (nSPS) is 12.5. The van der Waals surface area contributed by atoms with Crippen LogP contribution in [0.15, 0.2) is 26.0 Å². The lowest BCUT2D eigenvalue weighted by molar-refractivity contribution is -0.141. The first kappa shape index (κ1) is 17.7. The monoisotopic (exact) mass is 357 g/mol. The summed E-state index contributed by atoms with van der Waals surface area (Å²) in [4.78, 5) is 35.4. The maximum absolute atomic E-state index is 12.4. The largest absolute Gasteiger partial charge is 0.480 e. The number of fused-ring (bicyclic) bond motifs is 2. The molecule has 1 amide bonds. The molecule has 2 heterocycles. The molecule has 1 atom stereocenters. The average molecular weight is 357 g/mol. The molecule has 2 N–H and O–H groups in total. The maximum atomic E-state index is 12.4. The van der Waals surface area contributed by atoms with Crippen molar-refractivity contribution in [3.63, 3.8) is 0 Å². The van der Waals surface area contributed by atoms with Crippen molar-refractivity contribution in [3.8, 4) is 0 Å². The van der Waals surface area contributed by atoms with Gasteiger partial charge in [-0.15, -0.1) is 0 Å². The summed E-state index contributed by atoms with van der Waals surface area (Å²) in [6, 6.07) is 0.849. The van der Waals surface area contributed by atoms with Crippen molar-refractivity contribution in [1.82, 2.24) is 5.32 Å². The molecule has 0 saturated heterocycles. The Labute approximate surface area is 148 Å². The van der Waals surface area contributed by atoms with Crippen LogP contribution in [0, 0.1) is 20.8 Å². The molecular weight excluding hydrogens is 338 g/mol. The fourth-order valence-corrected chi connectivity index (χ4v) is 3.04. The number of aliphatic carboxylic acids is 1. The molecule has 3 rings (SSSR count). The first-order valence-electron chi connectivity index (χ1n) is 8.16. The Morgan fingerprint density at radius 2 is 1.85 bits per heavy atom. The highest BCUT2D eigenvalue weighted by Gasteiger charge is 2.20. The molecule has 7 heteroatoms. The zero-order valence-electron chi connectivity index (χ0n) is 14.9. The summed E-state index contributed by atoms with van der Waals surface area (Å²) in [5.74, 6) is -1.69. The van der Waals surface area contributed by atoms with E-state index in [1.54, 1.807) is 13.2 Å². The Kier molecular flexibility index (Phi) is 4.31. The third-order valence-corrected chi connectivity index (χ3v) is 4.62. The number of carboxylic acids is 1. The number of amides is 1. The number of carbonyl (C=O) groups is 2. The predicted molar refractivity (Wildman–Crippen MR) is 95.4 cm³/mol. The van der Waals surface area contributed by atoms with E-state index in [-0.39, 0.29) is 12.0 Å². The van der Waals surface area contributed by atoms with Gasteiger partial charge in [0.05, 0.1) is 18.2 Å². The summed E-state index contributed by atoms with van der Waals surface area (Å²) in [6.45, 7) is 6.85. The Hall–Kier alpha value is -3.09. The van der Waals surface area contributed by atoms with Gasteiger partial charge in [0.1, 0.15) is 17.2 Å². The van der Waals surface area contributed by atoms with E-state index in [4.69, 9.17) is 13.9 Å². The molecule has 7 nitrogen and oxygen atoms in total. The number of aryl methyl sites for hydroxylation is 3. The minimum Gasteiger partial charge on any atom is -0.480 e. The summed E-state index contributed by atoms with van der Waals surface area (Å²) in [5.41, 5.74) is 3.02. The van der Waals surface area contributed by atoms with Gasteiger partial charge in [-0.3, -0.25) is 9.59 Å². The Morgan fingerprint density at radius 3 is 2.50 bits per heavy atom. The molecule has 136 valence electrons. The first-order chi connectivity index (χ1) is 12.2. The third kappa shape index (κ3) is 2.85. The van der Waals surface area contributed by atoms with Crippen molar-refractivity contribution in [2.45, 2.75) is 40.2 Å². The first-order valence-corrected chi connectivity index (χ1v) is 8.16. The van der Waals surface area contributed by atoms with E-state index in [1.807, 2.05) is 19.9 Å². The SMILES string of the molecule is Cc1coc2c(C)c3oc(=O)c(CC(=O)NC(C)C(=O)O)c(C)c3cc12. The van der Waals surface area contributed by atoms with Crippen molar-refractivity contribution in [3.05, 3.63) is 45.0 Å². The molecule has 0 fully saturated rings. The van der Waals surface area contributed by atoms with Crippen LogP contribution >= 0.6 is 0 Å². The number of rotatable bonds is 4. The van der Waals surface area contributed by atoms with Crippen LogP contribution in [-0.4, -0.2) is 23.0 Å². The minimum absolute atomic E-state index is 0.215. The lowest BCUT2D eigenvalue weighted by atomic mass is 9.99. The molecule has 26 heavy (non-hydrogen) atoms. The van der Waals surface area contributed by atoms with Gasteiger partial charge in [-0.1, -0.05) is 0 Å². The lowest BCUT2D eigenvalue weighted by Crippen LogP contribution is -2.39. The molecule has 0 bridgehead atoms. The topological polar surface area (TPSA) is 110 Å². The zero-order chi connectivity index (χ0) is 19.2. The molecule has 1 unspecified atom stereocenters. The van der Waals surface area contributed by atoms with Gasteiger partial charge in [0.25, 0.3) is 0 Å². The molecule has 1 aromatic carbocycles. The number of furan rings is 1. The van der Waals surface area contributed by atoms with Gasteiger partial charge >= 0.3 is 11.6 Å². The van der Waals surface area contributed by atoms with Crippen LogP contribution in [0.2, 0.25) is 0 Å². The van der Waals surface area contributed by atoms with Crippen molar-refractivity contribution in [2.75, 3.05) is 0 Å². The molecule has 0 aliphatic heterocycles. The van der Waals surface area contributed by atoms with Crippen molar-refractivity contribution in [2.24, 2.45) is 0 Å². The molecule has 3 aromatic rings. The summed E-state index contributed by atoms with van der Waals surface area (Å²) in [6.07, 6.45) is 1.40. The highest BCUT2D eigenvalue weighted by Crippen LogP contribution is 2.32. The highest BCUT2D eigenvalue weighted by atomic mass is 16.4. The quantitative estimate of drug-likeness (QED) is 0.695. The van der Waals surface area contributed by atoms with Crippen molar-refractivity contribution >= 4 is 33.8 Å². The van der Waals surface area contributed by atoms with E-state index in [0.717, 1.165) is 21.9 Å². The number of benzene rings is 1. The van der Waals surface area contributed by atoms with E-state index in [1.165, 1.54) is 6.92 Å². The molecule has 0 spiro atoms. The third-order valence-electron chi connectivity index (χ3n) is 4.62. The number of nitrogens with one attached hydrogen (secondary N) is 1. The van der Waals surface area contributed by atoms with E-state index in [0.29, 0.717) is 16.7 Å². The summed E-state index contributed by atoms with van der Waals surface area (Å²) in [5, 5.41) is 12.9. The van der Waals surface area contributed by atoms with Crippen LogP contribution in [0.3, 0.4) is 0 Å². The van der Waals surface area contributed by atoms with Crippen molar-refractivity contribution in [1.29, 1.82) is 0 Å². The fraction of sp³-hybridized carbons (Fsp3) is 0.316. The van der Waals surface area contributed by atoms with Crippen LogP contribution in [0.25, 0.3) is 21.9 Å². The summed E-state index contributed by atoms with van der Waals surface area (Å²) >= 11 is 0. The lowest BCUT2D eigenvalue weighted by Gasteiger charge is -2.12. The molecule has 0 saturated carbocycles. The van der Waals surface area contributed by atoms with Gasteiger partial charge in [0, 0.05) is 16.3 Å². The van der Waals surface area contributed by atoms with Crippen LogP contribution in [-0.2, 0) is 16.0 Å². The average Bonchev–Trinajstić information content (AvgIpc) is 2.94. The van der Waals surface area contributed by atoms with Crippen LogP contribution in [0.4, 0.5) is 0 Å². The fourth-order valence-electron chi connectivity index (χ4n) is 3.04. The van der Waals surface area contributed by atoms with E-state index in [9.17, 15) is 14.4 Å². The van der Waals surface area contributed by atoms with E-state index < -0.39 is 23.5 Å². The number of hydrogen-bond acceptors (Lipinski definition) is 5. The van der Waals surface area contributed by atoms with Gasteiger partial charge in [-0.25, -0.2) is 4.79 Å². The highest BCUT2D eigenvalue weighted by molar-refractivity contribution is 6.00. The number of carboxylic acid groups (broad SMARTS) is 1. The van der Waals surface area contributed by atoms with Crippen LogP contribution < -0.4 is 10.9 Å². The second kappa shape index (κ2) is 6.33. The van der Waals surface area contributed by atoms with Gasteiger partial charge in [-0.2, -0.15) is 0 Å². The smallest absolute Gasteiger partial charge is 0.340 e. The second-order valence-electron chi connectivity index (χ2n) is 6.47. The Morgan fingerprint density at radius 1 is 1.15 bits per heavy atom. The predicted octanol–water partition coefficient (Wildman–Crippen LogP) is 2.60. The van der Waals surface area contributed by atoms with Crippen LogP contribution in [0.1, 0.15) is 29.2 Å². The van der Waals surface area contributed by atoms with E-state index in [2.05, 4.69) is 5.32 Å². The molecule has 2 aromatic heterocycles. The molecule has 0 aliphatic rings. The Bertz CT molecular complexity index is 1100. The minimum atomic E-state index is -1.14. The maximum Gasteiger partial charge on any atom is 0.340 e. The molecule has 0 radical (unpaired) electrons. The van der Waals surface area contributed by atoms with E-state index >= 15 is 0 Å². The zero-order valence-corrected chi connectivity index (χ0v) is 14.9. The van der Waals surface area contributed by atoms with Gasteiger partial charge < -0.3 is 19.3 Å². The standard InChI is InChI=1S/C19H19NO6/c1-8-7-25-16-10(3)17-13(5-12(8)16)9(2)14(19(24)26-17)6-15(21)20-11(4)18(22)23/h5,7,11H,6H2,1-4H3,(H,20,21)(H,22,23). The van der Waals surface area contributed by atoms with Crippen LogP contribution in [0.5, 0.6) is 0 Å². The van der Waals surface area contributed by atoms with Gasteiger partial charge in [-0.05, 0) is 44.9 Å². The molecule has 0 aliphatic carbocycles. The Balaban J connectivity index is 2.11. The van der Waals surface area contributed by atoms with Gasteiger partial charge in [0.2, 0.25) is 5.91 Å². The number of carbonyl (C=O) groups excluding carboxylic acids is 1. The number of hydrogen-bond donors (Lipinski definition) is 2. The van der Waals surface area contributed by atoms with Gasteiger partial charge in [0.15, 0.2) is 0 Å². The summed E-state index contributed by atoms with van der Waals surface area (Å²) < 4.78 is 11.0. The second-order valence-corrected chi connectivity index (χ2v) is 6.47. The molecular formula is C19H19NO6. The van der Waals surface area contributed by atoms with Crippen molar-refractivity contribution < 1.29 is 23.5 Å². The summed E-state index contributed by atoms with van der Waals surface area (Å²) in [7, 11) is 0.